The summed E-state index contributed by atoms with van der Waals surface area (Å²) >= 11 is 8.09. The van der Waals surface area contributed by atoms with E-state index >= 15 is 0 Å². The highest BCUT2D eigenvalue weighted by Gasteiger charge is 2.16. The number of hydrogen-bond acceptors (Lipinski definition) is 1. The molecule has 0 aliphatic rings. The zero-order valence-electron chi connectivity index (χ0n) is 10.5. The van der Waals surface area contributed by atoms with Gasteiger partial charge in [-0.2, -0.15) is 0 Å². The molecule has 0 fully saturated rings. The third-order valence-electron chi connectivity index (χ3n) is 2.89. The molecule has 0 aliphatic heterocycles. The normalized spacial score (nSPS) is 12.4. The number of hydrogen-bond donors (Lipinski definition) is 1. The van der Waals surface area contributed by atoms with Crippen LogP contribution in [0.15, 0.2) is 42.5 Å². The topological polar surface area (TPSA) is 12.0 Å². The lowest BCUT2D eigenvalue weighted by Crippen LogP contribution is -2.22. The van der Waals surface area contributed by atoms with Gasteiger partial charge in [0.1, 0.15) is 5.82 Å². The van der Waals surface area contributed by atoms with Crippen molar-refractivity contribution >= 4 is 34.2 Å². The minimum Gasteiger partial charge on any atom is -0.306 e. The third-order valence-corrected chi connectivity index (χ3v) is 4.07. The summed E-state index contributed by atoms with van der Waals surface area (Å²) in [6.07, 6.45) is 0. The van der Waals surface area contributed by atoms with E-state index < -0.39 is 0 Å². The number of halogens is 3. The molecule has 4 heteroatoms. The van der Waals surface area contributed by atoms with Gasteiger partial charge in [-0.25, -0.2) is 4.39 Å². The molecule has 0 aliphatic carbocycles. The minimum absolute atomic E-state index is 0.0507. The molecule has 0 saturated carbocycles. The van der Waals surface area contributed by atoms with Gasteiger partial charge in [0, 0.05) is 8.59 Å². The van der Waals surface area contributed by atoms with Crippen molar-refractivity contribution in [1.29, 1.82) is 0 Å². The molecule has 2 aromatic carbocycles. The first kappa shape index (κ1) is 14.8. The molecule has 1 nitrogen and oxygen atoms in total. The van der Waals surface area contributed by atoms with Crippen LogP contribution in [-0.2, 0) is 0 Å². The minimum atomic E-state index is -0.209. The van der Waals surface area contributed by atoms with E-state index in [2.05, 4.69) is 34.8 Å². The number of nitrogens with one attached hydrogen (secondary N) is 1. The van der Waals surface area contributed by atoms with Crippen molar-refractivity contribution in [3.8, 4) is 0 Å². The van der Waals surface area contributed by atoms with Crippen molar-refractivity contribution in [1.82, 2.24) is 5.32 Å². The van der Waals surface area contributed by atoms with Crippen LogP contribution in [0, 0.1) is 9.39 Å². The van der Waals surface area contributed by atoms with Crippen LogP contribution < -0.4 is 5.32 Å². The Balaban J connectivity index is 2.41. The van der Waals surface area contributed by atoms with Crippen molar-refractivity contribution in [2.75, 3.05) is 6.54 Å². The van der Waals surface area contributed by atoms with Crippen LogP contribution in [0.4, 0.5) is 4.39 Å². The Morgan fingerprint density at radius 1 is 1.21 bits per heavy atom. The smallest absolute Gasteiger partial charge is 0.124 e. The van der Waals surface area contributed by atoms with Gasteiger partial charge in [0.25, 0.3) is 0 Å². The zero-order chi connectivity index (χ0) is 13.8. The Labute approximate surface area is 131 Å². The van der Waals surface area contributed by atoms with E-state index in [9.17, 15) is 4.39 Å². The average Bonchev–Trinajstić information content (AvgIpc) is 2.38. The van der Waals surface area contributed by atoms with Crippen molar-refractivity contribution < 1.29 is 4.39 Å². The summed E-state index contributed by atoms with van der Waals surface area (Å²) in [5.74, 6) is -0.209. The SMILES string of the molecule is CCNC(c1ccc(Cl)cc1)c1ccc(F)cc1I. The molecule has 19 heavy (non-hydrogen) atoms. The molecule has 1 N–H and O–H groups in total. The summed E-state index contributed by atoms with van der Waals surface area (Å²) < 4.78 is 14.1. The monoisotopic (exact) mass is 389 g/mol. The molecular formula is C15H14ClFIN. The predicted molar refractivity (Wildman–Crippen MR) is 86.1 cm³/mol. The van der Waals surface area contributed by atoms with Gasteiger partial charge in [-0.15, -0.1) is 0 Å². The highest BCUT2D eigenvalue weighted by molar-refractivity contribution is 14.1. The average molecular weight is 390 g/mol. The molecule has 0 amide bonds. The van der Waals surface area contributed by atoms with E-state index in [1.54, 1.807) is 6.07 Å². The predicted octanol–water partition coefficient (Wildman–Crippen LogP) is 4.78. The van der Waals surface area contributed by atoms with E-state index in [1.165, 1.54) is 6.07 Å². The number of rotatable bonds is 4. The molecule has 1 unspecified atom stereocenters. The molecule has 2 rings (SSSR count). The van der Waals surface area contributed by atoms with Gasteiger partial charge in [-0.05, 0) is 64.5 Å². The molecule has 0 spiro atoms. The molecule has 2 aromatic rings. The van der Waals surface area contributed by atoms with Crippen LogP contribution in [0.5, 0.6) is 0 Å². The summed E-state index contributed by atoms with van der Waals surface area (Å²) in [7, 11) is 0. The molecule has 0 heterocycles. The second kappa shape index (κ2) is 6.68. The maximum Gasteiger partial charge on any atom is 0.124 e. The Kier molecular flexibility index (Phi) is 5.19. The Morgan fingerprint density at radius 2 is 1.89 bits per heavy atom. The van der Waals surface area contributed by atoms with Crippen LogP contribution in [-0.4, -0.2) is 6.54 Å². The van der Waals surface area contributed by atoms with Crippen molar-refractivity contribution in [3.63, 3.8) is 0 Å². The van der Waals surface area contributed by atoms with Gasteiger partial charge in [0.2, 0.25) is 0 Å². The van der Waals surface area contributed by atoms with Gasteiger partial charge in [0.05, 0.1) is 6.04 Å². The van der Waals surface area contributed by atoms with Gasteiger partial charge < -0.3 is 5.32 Å². The van der Waals surface area contributed by atoms with Crippen LogP contribution in [0.3, 0.4) is 0 Å². The summed E-state index contributed by atoms with van der Waals surface area (Å²) in [5.41, 5.74) is 2.20. The Hall–Kier alpha value is -0.650. The summed E-state index contributed by atoms with van der Waals surface area (Å²) in [5, 5.41) is 4.14. The number of benzene rings is 2. The van der Waals surface area contributed by atoms with E-state index in [0.717, 1.165) is 21.2 Å². The second-order valence-corrected chi connectivity index (χ2v) is 5.81. The Morgan fingerprint density at radius 3 is 2.47 bits per heavy atom. The molecule has 1 atom stereocenters. The summed E-state index contributed by atoms with van der Waals surface area (Å²) in [4.78, 5) is 0. The lowest BCUT2D eigenvalue weighted by Gasteiger charge is -2.20. The fourth-order valence-electron chi connectivity index (χ4n) is 2.00. The molecule has 0 radical (unpaired) electrons. The molecule has 0 aromatic heterocycles. The Bertz CT molecular complexity index is 557. The van der Waals surface area contributed by atoms with Gasteiger partial charge in [-0.1, -0.05) is 36.7 Å². The summed E-state index contributed by atoms with van der Waals surface area (Å²) in [6, 6.07) is 12.7. The second-order valence-electron chi connectivity index (χ2n) is 4.21. The maximum atomic E-state index is 13.2. The van der Waals surface area contributed by atoms with Crippen LogP contribution in [0.2, 0.25) is 5.02 Å². The van der Waals surface area contributed by atoms with Crippen LogP contribution in [0.1, 0.15) is 24.1 Å². The molecule has 100 valence electrons. The van der Waals surface area contributed by atoms with Crippen LogP contribution in [0.25, 0.3) is 0 Å². The lowest BCUT2D eigenvalue weighted by atomic mass is 9.98. The van der Waals surface area contributed by atoms with Gasteiger partial charge >= 0.3 is 0 Å². The van der Waals surface area contributed by atoms with Crippen molar-refractivity contribution in [2.45, 2.75) is 13.0 Å². The summed E-state index contributed by atoms with van der Waals surface area (Å²) in [6.45, 7) is 2.89. The van der Waals surface area contributed by atoms with Crippen molar-refractivity contribution in [3.05, 3.63) is 68.0 Å². The van der Waals surface area contributed by atoms with E-state index in [-0.39, 0.29) is 11.9 Å². The highest BCUT2D eigenvalue weighted by Crippen LogP contribution is 2.27. The molecule has 0 saturated heterocycles. The highest BCUT2D eigenvalue weighted by atomic mass is 127. The lowest BCUT2D eigenvalue weighted by molar-refractivity contribution is 0.610. The molecule has 0 bridgehead atoms. The van der Waals surface area contributed by atoms with E-state index in [4.69, 9.17) is 11.6 Å². The maximum absolute atomic E-state index is 13.2. The third kappa shape index (κ3) is 3.68. The fraction of sp³-hybridized carbons (Fsp3) is 0.200. The van der Waals surface area contributed by atoms with Crippen LogP contribution >= 0.6 is 34.2 Å². The van der Waals surface area contributed by atoms with Gasteiger partial charge in [-0.3, -0.25) is 0 Å². The standard InChI is InChI=1S/C15H14ClFIN/c1-2-19-15(10-3-5-11(16)6-4-10)13-8-7-12(17)9-14(13)18/h3-9,15,19H,2H2,1H3. The first-order valence-electron chi connectivity index (χ1n) is 6.05. The first-order valence-corrected chi connectivity index (χ1v) is 7.51. The van der Waals surface area contributed by atoms with E-state index in [0.29, 0.717) is 5.02 Å². The van der Waals surface area contributed by atoms with Crippen molar-refractivity contribution in [2.24, 2.45) is 0 Å². The fourth-order valence-corrected chi connectivity index (χ4v) is 2.92. The largest absolute Gasteiger partial charge is 0.306 e. The first-order chi connectivity index (χ1) is 9.11. The van der Waals surface area contributed by atoms with E-state index in [1.807, 2.05) is 30.3 Å². The van der Waals surface area contributed by atoms with Gasteiger partial charge in [0.15, 0.2) is 0 Å². The molecular weight excluding hydrogens is 376 g/mol. The quantitative estimate of drug-likeness (QED) is 0.742. The zero-order valence-corrected chi connectivity index (χ0v) is 13.4.